The molecule has 2 bridgehead atoms. The maximum absolute atomic E-state index is 9.32. The largest absolute Gasteiger partial charge is 0.483 e. The fourth-order valence-electron chi connectivity index (χ4n) is 7.61. The molecule has 1 saturated carbocycles. The maximum Gasteiger partial charge on any atom is 0.295 e. The number of benzene rings is 1. The Kier molecular flexibility index (Phi) is 13.7. The van der Waals surface area contributed by atoms with Crippen LogP contribution in [-0.4, -0.2) is 112 Å². The number of morpholine rings is 1. The monoisotopic (exact) mass is 753 g/mol. The Hall–Kier alpha value is -3.66. The van der Waals surface area contributed by atoms with E-state index in [2.05, 4.69) is 29.9 Å². The number of rotatable bonds is 19. The van der Waals surface area contributed by atoms with Gasteiger partial charge >= 0.3 is 0 Å². The minimum atomic E-state index is -0.386. The molecule has 2 saturated heterocycles. The van der Waals surface area contributed by atoms with Crippen LogP contribution in [0.2, 0.25) is 5.02 Å². The van der Waals surface area contributed by atoms with Crippen LogP contribution in [-0.2, 0) is 9.47 Å². The molecule has 0 spiro atoms. The van der Waals surface area contributed by atoms with E-state index in [0.717, 1.165) is 55.7 Å². The molecule has 3 aromatic rings. The Morgan fingerprint density at radius 1 is 1.08 bits per heavy atom. The Bertz CT molecular complexity index is 1630. The van der Waals surface area contributed by atoms with Crippen LogP contribution in [0.4, 0.5) is 11.6 Å². The van der Waals surface area contributed by atoms with Crippen molar-refractivity contribution in [2.45, 2.75) is 108 Å². The van der Waals surface area contributed by atoms with Crippen LogP contribution in [0.15, 0.2) is 41.8 Å². The molecule has 0 unspecified atom stereocenters. The van der Waals surface area contributed by atoms with Crippen molar-refractivity contribution in [2.24, 2.45) is 4.99 Å². The number of halogens is 1. The summed E-state index contributed by atoms with van der Waals surface area (Å²) in [6.07, 6.45) is 16.5. The topological polar surface area (TPSA) is 171 Å². The number of nitrogens with zero attached hydrogens (tertiary/aromatic N) is 6. The first-order valence-corrected chi connectivity index (χ1v) is 19.4. The van der Waals surface area contributed by atoms with Gasteiger partial charge in [0.2, 0.25) is 5.95 Å². The molecular weight excluding hydrogens is 698 g/mol. The van der Waals surface area contributed by atoms with Crippen LogP contribution in [0, 0.1) is 0 Å². The van der Waals surface area contributed by atoms with E-state index in [9.17, 15) is 5.11 Å². The zero-order chi connectivity index (χ0) is 37.2. The fourth-order valence-corrected chi connectivity index (χ4v) is 7.77. The lowest BCUT2D eigenvalue weighted by molar-refractivity contribution is -0.537. The SMILES string of the molecule is C[C@@H](C[NH2+]C=NC=[NH2+])Oc1cc(-c2cnc(Nc3cn(C4CCC(N5[C@@H]6CC[C@H]5COC6)CC4)nc3OCCCOC(C)(C)CCO)nc2)ccc1Cl. The van der Waals surface area contributed by atoms with E-state index >= 15 is 0 Å². The average Bonchev–Trinajstić information content (AvgIpc) is 3.66. The minimum absolute atomic E-state index is 0.0911. The first-order valence-electron chi connectivity index (χ1n) is 19.0. The summed E-state index contributed by atoms with van der Waals surface area (Å²) in [5.74, 6) is 1.53. The smallest absolute Gasteiger partial charge is 0.295 e. The molecule has 4 heterocycles. The number of fused-ring (bicyclic) bond motifs is 2. The molecular formula is C38H56ClN9O5+2. The van der Waals surface area contributed by atoms with Crippen molar-refractivity contribution in [3.63, 3.8) is 0 Å². The number of ether oxygens (including phenoxy) is 4. The molecule has 288 valence electrons. The Morgan fingerprint density at radius 3 is 2.51 bits per heavy atom. The zero-order valence-electron chi connectivity index (χ0n) is 31.2. The molecule has 1 aliphatic carbocycles. The molecule has 0 amide bonds. The summed E-state index contributed by atoms with van der Waals surface area (Å²) in [6.45, 7) is 9.38. The highest BCUT2D eigenvalue weighted by Crippen LogP contribution is 2.39. The van der Waals surface area contributed by atoms with Gasteiger partial charge in [0.15, 0.2) is 0 Å². The summed E-state index contributed by atoms with van der Waals surface area (Å²) in [5.41, 5.74) is 2.04. The predicted octanol–water partition coefficient (Wildman–Crippen LogP) is 3.18. The molecule has 0 radical (unpaired) electrons. The Morgan fingerprint density at radius 2 is 1.79 bits per heavy atom. The van der Waals surface area contributed by atoms with Crippen molar-refractivity contribution in [3.8, 4) is 22.8 Å². The molecule has 2 aromatic heterocycles. The van der Waals surface area contributed by atoms with Gasteiger partial charge in [0.25, 0.3) is 18.6 Å². The summed E-state index contributed by atoms with van der Waals surface area (Å²) in [5, 5.41) is 25.3. The van der Waals surface area contributed by atoms with E-state index in [0.29, 0.717) is 73.3 Å². The number of aromatic nitrogens is 4. The summed E-state index contributed by atoms with van der Waals surface area (Å²) >= 11 is 6.48. The van der Waals surface area contributed by atoms with Crippen LogP contribution in [0.25, 0.3) is 11.1 Å². The van der Waals surface area contributed by atoms with Gasteiger partial charge in [-0.05, 0) is 88.4 Å². The fraction of sp³-hybridized carbons (Fsp3) is 0.605. The van der Waals surface area contributed by atoms with Gasteiger partial charge in [0.1, 0.15) is 24.1 Å². The number of hydrogen-bond donors (Lipinski definition) is 4. The summed E-state index contributed by atoms with van der Waals surface area (Å²) in [7, 11) is 0. The third-order valence-electron chi connectivity index (χ3n) is 10.4. The highest BCUT2D eigenvalue weighted by atomic mass is 35.5. The molecule has 6 N–H and O–H groups in total. The summed E-state index contributed by atoms with van der Waals surface area (Å²) in [6, 6.07) is 7.69. The van der Waals surface area contributed by atoms with Gasteiger partial charge in [-0.25, -0.2) is 9.97 Å². The second-order valence-electron chi connectivity index (χ2n) is 14.9. The van der Waals surface area contributed by atoms with E-state index in [1.807, 2.05) is 50.5 Å². The molecule has 15 heteroatoms. The van der Waals surface area contributed by atoms with Crippen molar-refractivity contribution in [2.75, 3.05) is 44.9 Å². The van der Waals surface area contributed by atoms with Gasteiger partial charge in [-0.15, -0.1) is 5.10 Å². The Balaban J connectivity index is 1.11. The number of aliphatic imine (C=N–C) groups is 1. The minimum Gasteiger partial charge on any atom is -0.483 e. The number of hydrogen-bond acceptors (Lipinski definition) is 10. The molecule has 53 heavy (non-hydrogen) atoms. The first-order chi connectivity index (χ1) is 25.7. The molecule has 1 aromatic carbocycles. The molecule has 2 aliphatic heterocycles. The van der Waals surface area contributed by atoms with Gasteiger partial charge in [-0.2, -0.15) is 0 Å². The van der Waals surface area contributed by atoms with Crippen LogP contribution in [0.3, 0.4) is 0 Å². The average molecular weight is 754 g/mol. The second kappa shape index (κ2) is 18.6. The molecule has 3 aliphatic rings. The van der Waals surface area contributed by atoms with Crippen molar-refractivity contribution in [3.05, 3.63) is 41.8 Å². The van der Waals surface area contributed by atoms with Gasteiger partial charge in [0.05, 0.1) is 49.3 Å². The first kappa shape index (κ1) is 39.0. The van der Waals surface area contributed by atoms with Gasteiger partial charge < -0.3 is 29.4 Å². The van der Waals surface area contributed by atoms with E-state index in [-0.39, 0.29) is 24.4 Å². The van der Waals surface area contributed by atoms with Crippen LogP contribution in [0.1, 0.15) is 78.2 Å². The third kappa shape index (κ3) is 10.5. The number of aliphatic hydroxyl groups excluding tert-OH is 1. The molecule has 14 nitrogen and oxygen atoms in total. The van der Waals surface area contributed by atoms with E-state index in [1.165, 1.54) is 19.2 Å². The van der Waals surface area contributed by atoms with E-state index < -0.39 is 0 Å². The van der Waals surface area contributed by atoms with E-state index in [1.54, 1.807) is 18.7 Å². The number of anilines is 2. The third-order valence-corrected chi connectivity index (χ3v) is 10.7. The number of quaternary nitrogens is 1. The lowest BCUT2D eigenvalue weighted by atomic mass is 9.89. The predicted molar refractivity (Wildman–Crippen MR) is 204 cm³/mol. The van der Waals surface area contributed by atoms with Gasteiger partial charge in [-0.1, -0.05) is 17.7 Å². The molecule has 6 rings (SSSR count). The maximum atomic E-state index is 9.32. The lowest BCUT2D eigenvalue weighted by Gasteiger charge is -2.43. The number of nitrogens with one attached hydrogen (secondary N) is 1. The normalized spacial score (nSPS) is 22.6. The standard InChI is InChI=1S/C38H54ClN9O5/c1-26(18-41-25-42-24-40)53-35-17-27(5-12-33(35)39)28-19-43-37(44-20-28)45-34-21-47(46-36(34)51-15-4-16-52-38(2,3)13-14-49)29-6-8-30(9-7-29)48-31-10-11-32(48)23-50-22-31/h5,12,17,19-21,24-26,29-32,49H,4,6-11,13-16,18,22-23H2,1-3H3,(H2,40,41,42)(H,43,44,45)/p+2/t26-,29?,30?,31-,32+/m0/s1. The van der Waals surface area contributed by atoms with E-state index in [4.69, 9.17) is 41.1 Å². The highest BCUT2D eigenvalue weighted by molar-refractivity contribution is 6.32. The van der Waals surface area contributed by atoms with Crippen LogP contribution < -0.4 is 25.5 Å². The molecule has 3 fully saturated rings. The Labute approximate surface area is 317 Å². The van der Waals surface area contributed by atoms with Gasteiger partial charge in [0, 0.05) is 49.1 Å². The van der Waals surface area contributed by atoms with Crippen molar-refractivity contribution in [1.29, 1.82) is 0 Å². The summed E-state index contributed by atoms with van der Waals surface area (Å²) in [4.78, 5) is 15.9. The number of nitrogens with two attached hydrogens (primary N) is 2. The molecule has 3 atom stereocenters. The van der Waals surface area contributed by atoms with Crippen LogP contribution in [0.5, 0.6) is 11.6 Å². The van der Waals surface area contributed by atoms with Crippen LogP contribution >= 0.6 is 11.6 Å². The number of aliphatic hydroxyl groups is 1. The summed E-state index contributed by atoms with van der Waals surface area (Å²) < 4.78 is 26.3. The quantitative estimate of drug-likeness (QED) is 0.0811. The van der Waals surface area contributed by atoms with Gasteiger partial charge in [-0.3, -0.25) is 20.3 Å². The zero-order valence-corrected chi connectivity index (χ0v) is 32.0. The lowest BCUT2D eigenvalue weighted by Crippen LogP contribution is -2.85. The van der Waals surface area contributed by atoms with Crippen molar-refractivity contribution < 1.29 is 34.8 Å². The van der Waals surface area contributed by atoms with Crippen molar-refractivity contribution in [1.82, 2.24) is 24.6 Å². The second-order valence-corrected chi connectivity index (χ2v) is 15.3. The highest BCUT2D eigenvalue weighted by Gasteiger charge is 2.42. The van der Waals surface area contributed by atoms with Crippen molar-refractivity contribution >= 4 is 35.9 Å².